The summed E-state index contributed by atoms with van der Waals surface area (Å²) in [5.41, 5.74) is 10.9. The van der Waals surface area contributed by atoms with E-state index >= 15 is 0 Å². The number of hydrogen-bond acceptors (Lipinski definition) is 4. The summed E-state index contributed by atoms with van der Waals surface area (Å²) in [7, 11) is 0. The molecule has 0 saturated heterocycles. The lowest BCUT2D eigenvalue weighted by atomic mass is 9.95. The van der Waals surface area contributed by atoms with Crippen LogP contribution in [0, 0.1) is 5.82 Å². The molecule has 0 amide bonds. The number of nitrogens with two attached hydrogens (primary N) is 1. The minimum atomic E-state index is -0.443. The van der Waals surface area contributed by atoms with Crippen LogP contribution in [0.5, 0.6) is 0 Å². The van der Waals surface area contributed by atoms with Crippen LogP contribution in [0.2, 0.25) is 0 Å². The number of hydrogen-bond donors (Lipinski definition) is 2. The third-order valence-electron chi connectivity index (χ3n) is 5.89. The standard InChI is InChI=1S/C28H27FN2O2/c1-2-20(32)12-13-21(33)16-18-11-14-27-19(15-18)17-24(22-7-3-5-9-25(22)29)28(31-27)23-8-4-6-10-26(23)30/h3-11,14-15,17,20,32H,2,12-13,16,30H2,1H3. The molecule has 1 atom stereocenters. The number of para-hydroxylation sites is 1. The number of carbonyl (C=O) groups excluding carboxylic acids is 1. The molecule has 0 bridgehead atoms. The van der Waals surface area contributed by atoms with Crippen LogP contribution in [0.25, 0.3) is 33.3 Å². The van der Waals surface area contributed by atoms with E-state index in [-0.39, 0.29) is 18.0 Å². The van der Waals surface area contributed by atoms with Gasteiger partial charge in [0, 0.05) is 40.6 Å². The number of Topliss-reactive ketones (excluding diaryl/α,β-unsaturated/α-hetero) is 1. The highest BCUT2D eigenvalue weighted by atomic mass is 19.1. The van der Waals surface area contributed by atoms with E-state index in [2.05, 4.69) is 0 Å². The molecule has 4 aromatic rings. The summed E-state index contributed by atoms with van der Waals surface area (Å²) in [5.74, 6) is -0.256. The molecule has 4 rings (SSSR count). The van der Waals surface area contributed by atoms with Gasteiger partial charge in [-0.15, -0.1) is 0 Å². The number of benzene rings is 3. The van der Waals surface area contributed by atoms with Gasteiger partial charge in [-0.05, 0) is 48.7 Å². The number of pyridine rings is 1. The van der Waals surface area contributed by atoms with E-state index in [1.807, 2.05) is 49.4 Å². The first kappa shape index (κ1) is 22.6. The number of rotatable bonds is 8. The molecular weight excluding hydrogens is 415 g/mol. The number of carbonyl (C=O) groups is 1. The molecule has 4 nitrogen and oxygen atoms in total. The van der Waals surface area contributed by atoms with Gasteiger partial charge in [0.25, 0.3) is 0 Å². The maximum Gasteiger partial charge on any atom is 0.137 e. The van der Waals surface area contributed by atoms with Gasteiger partial charge in [0.05, 0.1) is 17.3 Å². The lowest BCUT2D eigenvalue weighted by Gasteiger charge is -2.14. The zero-order valence-electron chi connectivity index (χ0n) is 18.6. The van der Waals surface area contributed by atoms with Crippen LogP contribution in [0.3, 0.4) is 0 Å². The highest BCUT2D eigenvalue weighted by Gasteiger charge is 2.16. The molecule has 33 heavy (non-hydrogen) atoms. The Labute approximate surface area is 192 Å². The van der Waals surface area contributed by atoms with Crippen LogP contribution >= 0.6 is 0 Å². The van der Waals surface area contributed by atoms with E-state index in [0.717, 1.165) is 22.0 Å². The number of aromatic nitrogens is 1. The molecule has 0 fully saturated rings. The van der Waals surface area contributed by atoms with E-state index in [9.17, 15) is 14.3 Å². The zero-order valence-corrected chi connectivity index (χ0v) is 18.6. The third kappa shape index (κ3) is 5.10. The molecule has 1 unspecified atom stereocenters. The fourth-order valence-electron chi connectivity index (χ4n) is 3.99. The summed E-state index contributed by atoms with van der Waals surface area (Å²) in [4.78, 5) is 17.2. The second-order valence-corrected chi connectivity index (χ2v) is 8.29. The number of nitrogens with zero attached hydrogens (tertiary/aromatic N) is 1. The summed E-state index contributed by atoms with van der Waals surface area (Å²) in [6, 6.07) is 21.6. The molecule has 0 saturated carbocycles. The van der Waals surface area contributed by atoms with Crippen LogP contribution in [-0.2, 0) is 11.2 Å². The van der Waals surface area contributed by atoms with E-state index in [1.165, 1.54) is 6.07 Å². The minimum absolute atomic E-state index is 0.0813. The average Bonchev–Trinajstić information content (AvgIpc) is 2.82. The maximum absolute atomic E-state index is 14.8. The summed E-state index contributed by atoms with van der Waals surface area (Å²) in [6.07, 6.45) is 1.31. The first-order valence-electron chi connectivity index (χ1n) is 11.2. The molecule has 3 N–H and O–H groups in total. The summed E-state index contributed by atoms with van der Waals surface area (Å²) >= 11 is 0. The molecule has 0 aliphatic carbocycles. The number of anilines is 1. The third-order valence-corrected chi connectivity index (χ3v) is 5.89. The van der Waals surface area contributed by atoms with E-state index < -0.39 is 6.10 Å². The van der Waals surface area contributed by atoms with Crippen molar-refractivity contribution in [2.24, 2.45) is 0 Å². The fraction of sp³-hybridized carbons (Fsp3) is 0.214. The largest absolute Gasteiger partial charge is 0.398 e. The second kappa shape index (κ2) is 9.92. The molecule has 1 aromatic heterocycles. The van der Waals surface area contributed by atoms with Crippen molar-refractivity contribution in [1.82, 2.24) is 4.98 Å². The van der Waals surface area contributed by atoms with E-state index in [4.69, 9.17) is 10.7 Å². The summed E-state index contributed by atoms with van der Waals surface area (Å²) in [6.45, 7) is 1.90. The van der Waals surface area contributed by atoms with Crippen LogP contribution in [-0.4, -0.2) is 22.0 Å². The Hall–Kier alpha value is -3.57. The minimum Gasteiger partial charge on any atom is -0.398 e. The summed E-state index contributed by atoms with van der Waals surface area (Å²) < 4.78 is 14.8. The highest BCUT2D eigenvalue weighted by molar-refractivity contribution is 5.94. The van der Waals surface area contributed by atoms with Crippen LogP contribution in [0.4, 0.5) is 10.1 Å². The van der Waals surface area contributed by atoms with Crippen molar-refractivity contribution in [1.29, 1.82) is 0 Å². The molecule has 1 heterocycles. The van der Waals surface area contributed by atoms with Gasteiger partial charge in [-0.2, -0.15) is 0 Å². The number of aliphatic hydroxyl groups excluding tert-OH is 1. The molecule has 0 aliphatic rings. The van der Waals surface area contributed by atoms with Crippen molar-refractivity contribution in [2.75, 3.05) is 5.73 Å². The van der Waals surface area contributed by atoms with Crippen LogP contribution < -0.4 is 5.73 Å². The van der Waals surface area contributed by atoms with Gasteiger partial charge in [0.15, 0.2) is 0 Å². The zero-order chi connectivity index (χ0) is 23.4. The number of nitrogen functional groups attached to an aromatic ring is 1. The molecular formula is C28H27FN2O2. The molecule has 0 radical (unpaired) electrons. The van der Waals surface area contributed by atoms with Gasteiger partial charge in [-0.3, -0.25) is 4.79 Å². The number of aliphatic hydroxyl groups is 1. The number of ketones is 1. The molecule has 0 spiro atoms. The van der Waals surface area contributed by atoms with Gasteiger partial charge < -0.3 is 10.8 Å². The van der Waals surface area contributed by atoms with Crippen molar-refractivity contribution >= 4 is 22.4 Å². The Balaban J connectivity index is 1.77. The predicted octanol–water partition coefficient (Wildman–Crippen LogP) is 5.95. The van der Waals surface area contributed by atoms with Crippen molar-refractivity contribution < 1.29 is 14.3 Å². The normalized spacial score (nSPS) is 12.1. The van der Waals surface area contributed by atoms with Gasteiger partial charge in [-0.25, -0.2) is 9.37 Å². The Kier molecular flexibility index (Phi) is 6.80. The smallest absolute Gasteiger partial charge is 0.137 e. The number of fused-ring (bicyclic) bond motifs is 1. The lowest BCUT2D eigenvalue weighted by Crippen LogP contribution is -2.10. The first-order chi connectivity index (χ1) is 16.0. The van der Waals surface area contributed by atoms with Gasteiger partial charge >= 0.3 is 0 Å². The molecule has 168 valence electrons. The number of halogens is 1. The SMILES string of the molecule is CCC(O)CCC(=O)Cc1ccc2nc(-c3ccccc3N)c(-c3ccccc3F)cc2c1. The molecule has 5 heteroatoms. The van der Waals surface area contributed by atoms with Crippen molar-refractivity contribution in [3.63, 3.8) is 0 Å². The van der Waals surface area contributed by atoms with Crippen LogP contribution in [0.1, 0.15) is 31.7 Å². The Morgan fingerprint density at radius 2 is 1.73 bits per heavy atom. The van der Waals surface area contributed by atoms with E-state index in [0.29, 0.717) is 41.8 Å². The average molecular weight is 443 g/mol. The van der Waals surface area contributed by atoms with Gasteiger partial charge in [-0.1, -0.05) is 49.4 Å². The van der Waals surface area contributed by atoms with Crippen molar-refractivity contribution in [2.45, 2.75) is 38.7 Å². The van der Waals surface area contributed by atoms with Gasteiger partial charge in [0.2, 0.25) is 0 Å². The molecule has 0 aliphatic heterocycles. The Morgan fingerprint density at radius 3 is 2.45 bits per heavy atom. The highest BCUT2D eigenvalue weighted by Crippen LogP contribution is 2.37. The maximum atomic E-state index is 14.8. The van der Waals surface area contributed by atoms with Gasteiger partial charge in [0.1, 0.15) is 11.6 Å². The predicted molar refractivity (Wildman–Crippen MR) is 131 cm³/mol. The fourth-order valence-corrected chi connectivity index (χ4v) is 3.99. The second-order valence-electron chi connectivity index (χ2n) is 8.29. The quantitative estimate of drug-likeness (QED) is 0.331. The first-order valence-corrected chi connectivity index (χ1v) is 11.2. The molecule has 3 aromatic carbocycles. The summed E-state index contributed by atoms with van der Waals surface area (Å²) in [5, 5.41) is 10.5. The van der Waals surface area contributed by atoms with Crippen molar-refractivity contribution in [3.8, 4) is 22.4 Å². The topological polar surface area (TPSA) is 76.2 Å². The Morgan fingerprint density at radius 1 is 1.00 bits per heavy atom. The van der Waals surface area contributed by atoms with Crippen molar-refractivity contribution in [3.05, 3.63) is 84.2 Å². The van der Waals surface area contributed by atoms with E-state index in [1.54, 1.807) is 24.3 Å². The van der Waals surface area contributed by atoms with Crippen LogP contribution in [0.15, 0.2) is 72.8 Å². The Bertz CT molecular complexity index is 1300. The lowest BCUT2D eigenvalue weighted by molar-refractivity contribution is -0.119. The monoisotopic (exact) mass is 442 g/mol.